The van der Waals surface area contributed by atoms with E-state index in [4.69, 9.17) is 4.74 Å². The lowest BCUT2D eigenvalue weighted by Gasteiger charge is -2.12. The molecule has 1 aromatic carbocycles. The molecule has 0 unspecified atom stereocenters. The quantitative estimate of drug-likeness (QED) is 0.785. The van der Waals surface area contributed by atoms with Gasteiger partial charge in [0.1, 0.15) is 0 Å². The molecule has 96 valence electrons. The zero-order valence-corrected chi connectivity index (χ0v) is 10.9. The first-order valence-electron chi connectivity index (χ1n) is 5.64. The van der Waals surface area contributed by atoms with Gasteiger partial charge in [0.05, 0.1) is 17.8 Å². The minimum absolute atomic E-state index is 0.158. The maximum atomic E-state index is 12.1. The van der Waals surface area contributed by atoms with Gasteiger partial charge in [0.15, 0.2) is 15.6 Å². The van der Waals surface area contributed by atoms with Gasteiger partial charge in [-0.1, -0.05) is 12.1 Å². The average Bonchev–Trinajstić information content (AvgIpc) is 2.38. The maximum Gasteiger partial charge on any atom is 0.192 e. The first-order chi connectivity index (χ1) is 8.48. The molecule has 1 aromatic rings. The fourth-order valence-electron chi connectivity index (χ4n) is 1.78. The molecule has 0 saturated heterocycles. The molecular weight excluding hydrogens is 252 g/mol. The average molecular weight is 266 g/mol. The van der Waals surface area contributed by atoms with Crippen LogP contribution in [0.4, 0.5) is 0 Å². The van der Waals surface area contributed by atoms with Crippen LogP contribution in [0.5, 0.6) is 0 Å². The van der Waals surface area contributed by atoms with Crippen molar-refractivity contribution < 1.29 is 17.9 Å². The van der Waals surface area contributed by atoms with E-state index < -0.39 is 9.84 Å². The Kier molecular flexibility index (Phi) is 3.52. The van der Waals surface area contributed by atoms with Crippen LogP contribution in [0.2, 0.25) is 0 Å². The van der Waals surface area contributed by atoms with Crippen LogP contribution in [-0.2, 0) is 14.6 Å². The zero-order valence-electron chi connectivity index (χ0n) is 10.0. The highest BCUT2D eigenvalue weighted by molar-refractivity contribution is 7.90. The molecule has 0 saturated carbocycles. The molecule has 0 fully saturated rings. The number of hydrogen-bond acceptors (Lipinski definition) is 4. The second-order valence-corrected chi connectivity index (χ2v) is 6.26. The minimum atomic E-state index is -3.29. The Morgan fingerprint density at radius 3 is 2.72 bits per heavy atom. The number of carbonyl (C=O) groups is 1. The SMILES string of the molecule is CS(=O)(=O)c1cccc(C(=O)C2=COCCC2)c1. The molecule has 5 heteroatoms. The summed E-state index contributed by atoms with van der Waals surface area (Å²) in [4.78, 5) is 12.3. The van der Waals surface area contributed by atoms with Crippen molar-refractivity contribution in [1.82, 2.24) is 0 Å². The Morgan fingerprint density at radius 1 is 1.33 bits per heavy atom. The number of carbonyl (C=O) groups excluding carboxylic acids is 1. The number of ether oxygens (including phenoxy) is 1. The van der Waals surface area contributed by atoms with Gasteiger partial charge in [-0.05, 0) is 25.0 Å². The highest BCUT2D eigenvalue weighted by Gasteiger charge is 2.17. The standard InChI is InChI=1S/C13H14O4S/c1-18(15,16)12-6-2-4-10(8-12)13(14)11-5-3-7-17-9-11/h2,4,6,8-9H,3,5,7H2,1H3. The van der Waals surface area contributed by atoms with Crippen molar-refractivity contribution in [3.8, 4) is 0 Å². The normalized spacial score (nSPS) is 15.7. The van der Waals surface area contributed by atoms with Gasteiger partial charge in [0.2, 0.25) is 0 Å². The van der Waals surface area contributed by atoms with Gasteiger partial charge >= 0.3 is 0 Å². The molecule has 0 atom stereocenters. The fourth-order valence-corrected chi connectivity index (χ4v) is 2.45. The summed E-state index contributed by atoms with van der Waals surface area (Å²) in [5, 5.41) is 0. The summed E-state index contributed by atoms with van der Waals surface area (Å²) in [5.41, 5.74) is 0.974. The number of sulfone groups is 1. The van der Waals surface area contributed by atoms with Crippen LogP contribution in [0.25, 0.3) is 0 Å². The molecule has 0 spiro atoms. The first-order valence-corrected chi connectivity index (χ1v) is 7.53. The van der Waals surface area contributed by atoms with Gasteiger partial charge < -0.3 is 4.74 Å². The number of benzene rings is 1. The van der Waals surface area contributed by atoms with E-state index in [1.807, 2.05) is 0 Å². The summed E-state index contributed by atoms with van der Waals surface area (Å²) in [6.45, 7) is 0.625. The van der Waals surface area contributed by atoms with Gasteiger partial charge in [-0.15, -0.1) is 0 Å². The van der Waals surface area contributed by atoms with E-state index >= 15 is 0 Å². The van der Waals surface area contributed by atoms with Crippen LogP contribution in [-0.4, -0.2) is 27.1 Å². The van der Waals surface area contributed by atoms with Gasteiger partial charge in [0, 0.05) is 17.4 Å². The molecule has 0 radical (unpaired) electrons. The predicted octanol–water partition coefficient (Wildman–Crippen LogP) is 1.97. The number of Topliss-reactive ketones (excluding diaryl/α,β-unsaturated/α-hetero) is 1. The van der Waals surface area contributed by atoms with Crippen molar-refractivity contribution in [2.45, 2.75) is 17.7 Å². The van der Waals surface area contributed by atoms with E-state index in [1.54, 1.807) is 12.1 Å². The van der Waals surface area contributed by atoms with E-state index in [0.717, 1.165) is 12.7 Å². The molecule has 1 heterocycles. The topological polar surface area (TPSA) is 60.4 Å². The number of rotatable bonds is 3. The smallest absolute Gasteiger partial charge is 0.192 e. The van der Waals surface area contributed by atoms with E-state index in [0.29, 0.717) is 24.2 Å². The highest BCUT2D eigenvalue weighted by Crippen LogP contribution is 2.19. The molecule has 18 heavy (non-hydrogen) atoms. The molecule has 0 amide bonds. The van der Waals surface area contributed by atoms with Gasteiger partial charge in [0.25, 0.3) is 0 Å². The van der Waals surface area contributed by atoms with Crippen LogP contribution < -0.4 is 0 Å². The van der Waals surface area contributed by atoms with Crippen molar-refractivity contribution >= 4 is 15.6 Å². The second-order valence-electron chi connectivity index (χ2n) is 4.25. The minimum Gasteiger partial charge on any atom is -0.501 e. The van der Waals surface area contributed by atoms with Crippen molar-refractivity contribution in [2.75, 3.05) is 12.9 Å². The summed E-state index contributed by atoms with van der Waals surface area (Å²) in [7, 11) is -3.29. The monoisotopic (exact) mass is 266 g/mol. The molecule has 0 aliphatic carbocycles. The van der Waals surface area contributed by atoms with Crippen molar-refractivity contribution in [3.63, 3.8) is 0 Å². The Bertz CT molecular complexity index is 599. The van der Waals surface area contributed by atoms with Crippen molar-refractivity contribution in [1.29, 1.82) is 0 Å². The van der Waals surface area contributed by atoms with Gasteiger partial charge in [-0.25, -0.2) is 8.42 Å². The van der Waals surface area contributed by atoms with Gasteiger partial charge in [-0.2, -0.15) is 0 Å². The van der Waals surface area contributed by atoms with E-state index in [2.05, 4.69) is 0 Å². The molecular formula is C13H14O4S. The van der Waals surface area contributed by atoms with Gasteiger partial charge in [-0.3, -0.25) is 4.79 Å². The summed E-state index contributed by atoms with van der Waals surface area (Å²) < 4.78 is 28.0. The van der Waals surface area contributed by atoms with Crippen molar-refractivity contribution in [2.24, 2.45) is 0 Å². The lowest BCUT2D eigenvalue weighted by Crippen LogP contribution is -2.10. The molecule has 2 rings (SSSR count). The van der Waals surface area contributed by atoms with Crippen LogP contribution in [0.15, 0.2) is 41.0 Å². The Labute approximate surface area is 106 Å². The van der Waals surface area contributed by atoms with E-state index in [1.165, 1.54) is 18.4 Å². The van der Waals surface area contributed by atoms with E-state index in [-0.39, 0.29) is 10.7 Å². The lowest BCUT2D eigenvalue weighted by molar-refractivity contribution is 0.101. The van der Waals surface area contributed by atoms with E-state index in [9.17, 15) is 13.2 Å². The number of allylic oxidation sites excluding steroid dienone is 1. The maximum absolute atomic E-state index is 12.1. The zero-order chi connectivity index (χ0) is 13.2. The molecule has 0 N–H and O–H groups in total. The highest BCUT2D eigenvalue weighted by atomic mass is 32.2. The van der Waals surface area contributed by atoms with Crippen LogP contribution >= 0.6 is 0 Å². The fraction of sp³-hybridized carbons (Fsp3) is 0.308. The Balaban J connectivity index is 2.34. The van der Waals surface area contributed by atoms with Crippen LogP contribution in [0.1, 0.15) is 23.2 Å². The molecule has 4 nitrogen and oxygen atoms in total. The first kappa shape index (κ1) is 12.8. The predicted molar refractivity (Wildman–Crippen MR) is 67.2 cm³/mol. The van der Waals surface area contributed by atoms with Crippen LogP contribution in [0.3, 0.4) is 0 Å². The summed E-state index contributed by atoms with van der Waals surface area (Å²) in [6.07, 6.45) is 4.07. The Hall–Kier alpha value is -1.62. The largest absolute Gasteiger partial charge is 0.501 e. The van der Waals surface area contributed by atoms with Crippen LogP contribution in [0, 0.1) is 0 Å². The third kappa shape index (κ3) is 2.79. The summed E-state index contributed by atoms with van der Waals surface area (Å²) in [6, 6.07) is 6.09. The second kappa shape index (κ2) is 4.94. The Morgan fingerprint density at radius 2 is 2.11 bits per heavy atom. The summed E-state index contributed by atoms with van der Waals surface area (Å²) >= 11 is 0. The third-order valence-corrected chi connectivity index (χ3v) is 3.86. The summed E-state index contributed by atoms with van der Waals surface area (Å²) in [5.74, 6) is -0.166. The molecule has 1 aliphatic rings. The third-order valence-electron chi connectivity index (χ3n) is 2.75. The molecule has 0 bridgehead atoms. The number of ketones is 1. The number of hydrogen-bond donors (Lipinski definition) is 0. The molecule has 1 aliphatic heterocycles. The van der Waals surface area contributed by atoms with Crippen molar-refractivity contribution in [3.05, 3.63) is 41.7 Å². The molecule has 0 aromatic heterocycles. The lowest BCUT2D eigenvalue weighted by atomic mass is 10.00.